The molecule has 2 aliphatic heterocycles. The number of carbonyl (C=O) groups is 1. The van der Waals surface area contributed by atoms with E-state index in [0.29, 0.717) is 17.2 Å². The Hall–Kier alpha value is -2.48. The average Bonchev–Trinajstić information content (AvgIpc) is 3.27. The summed E-state index contributed by atoms with van der Waals surface area (Å²) >= 11 is 1.62. The number of rotatable bonds is 3. The summed E-state index contributed by atoms with van der Waals surface area (Å²) in [7, 11) is 0. The van der Waals surface area contributed by atoms with Gasteiger partial charge in [-0.1, -0.05) is 0 Å². The fourth-order valence-corrected chi connectivity index (χ4v) is 3.43. The average molecular weight is 332 g/mol. The Balaban J connectivity index is 1.32. The molecular weight excluding hydrogens is 316 g/mol. The lowest BCUT2D eigenvalue weighted by molar-refractivity contribution is 0.174. The fourth-order valence-electron chi connectivity index (χ4n) is 2.75. The number of nitrogens with zero attached hydrogens (tertiary/aromatic N) is 2. The maximum absolute atomic E-state index is 12.1. The van der Waals surface area contributed by atoms with Gasteiger partial charge in [-0.3, -0.25) is 0 Å². The first-order chi connectivity index (χ1) is 11.3. The highest BCUT2D eigenvalue weighted by Crippen LogP contribution is 2.34. The molecule has 1 aromatic heterocycles. The predicted molar refractivity (Wildman–Crippen MR) is 87.5 cm³/mol. The topological polar surface area (TPSA) is 75.7 Å². The summed E-state index contributed by atoms with van der Waals surface area (Å²) in [4.78, 5) is 18.6. The lowest BCUT2D eigenvalue weighted by atomic mass is 10.2. The SMILES string of the molecule is O=C(Nc1ccc2c(c1)OCO2)NC1CCN(c2nccs2)C1. The Morgan fingerprint density at radius 1 is 1.35 bits per heavy atom. The first kappa shape index (κ1) is 14.1. The number of anilines is 2. The van der Waals surface area contributed by atoms with Crippen molar-refractivity contribution in [3.05, 3.63) is 29.8 Å². The smallest absolute Gasteiger partial charge is 0.319 e. The van der Waals surface area contributed by atoms with Crippen molar-refractivity contribution in [3.8, 4) is 11.5 Å². The first-order valence-corrected chi connectivity index (χ1v) is 8.27. The van der Waals surface area contributed by atoms with Crippen molar-refractivity contribution in [1.82, 2.24) is 10.3 Å². The van der Waals surface area contributed by atoms with E-state index in [1.807, 2.05) is 5.38 Å². The summed E-state index contributed by atoms with van der Waals surface area (Å²) < 4.78 is 10.6. The van der Waals surface area contributed by atoms with Gasteiger partial charge in [0.2, 0.25) is 6.79 Å². The molecule has 120 valence electrons. The second kappa shape index (κ2) is 5.96. The van der Waals surface area contributed by atoms with Crippen LogP contribution in [0.4, 0.5) is 15.6 Å². The fraction of sp³-hybridized carbons (Fsp3) is 0.333. The zero-order valence-electron chi connectivity index (χ0n) is 12.3. The molecule has 2 amide bonds. The minimum absolute atomic E-state index is 0.118. The van der Waals surface area contributed by atoms with Crippen LogP contribution in [0.15, 0.2) is 29.8 Å². The van der Waals surface area contributed by atoms with Crippen molar-refractivity contribution in [2.45, 2.75) is 12.5 Å². The van der Waals surface area contributed by atoms with E-state index in [2.05, 4.69) is 20.5 Å². The monoisotopic (exact) mass is 332 g/mol. The molecule has 1 aromatic carbocycles. The van der Waals surface area contributed by atoms with E-state index in [9.17, 15) is 4.79 Å². The molecule has 3 heterocycles. The number of hydrogen-bond acceptors (Lipinski definition) is 6. The largest absolute Gasteiger partial charge is 0.454 e. The summed E-state index contributed by atoms with van der Waals surface area (Å²) in [5.74, 6) is 1.35. The first-order valence-electron chi connectivity index (χ1n) is 7.39. The number of urea groups is 1. The molecule has 8 heteroatoms. The molecule has 7 nitrogen and oxygen atoms in total. The summed E-state index contributed by atoms with van der Waals surface area (Å²) in [5, 5.41) is 8.80. The minimum Gasteiger partial charge on any atom is -0.454 e. The van der Waals surface area contributed by atoms with Gasteiger partial charge in [-0.2, -0.15) is 0 Å². The highest BCUT2D eigenvalue weighted by atomic mass is 32.1. The highest BCUT2D eigenvalue weighted by Gasteiger charge is 2.25. The van der Waals surface area contributed by atoms with Crippen LogP contribution >= 0.6 is 11.3 Å². The van der Waals surface area contributed by atoms with E-state index < -0.39 is 0 Å². The number of ether oxygens (including phenoxy) is 2. The third kappa shape index (κ3) is 3.02. The van der Waals surface area contributed by atoms with Gasteiger partial charge in [-0.25, -0.2) is 9.78 Å². The molecule has 0 radical (unpaired) electrons. The van der Waals surface area contributed by atoms with Crippen molar-refractivity contribution in [3.63, 3.8) is 0 Å². The molecule has 1 atom stereocenters. The molecule has 2 N–H and O–H groups in total. The van der Waals surface area contributed by atoms with Gasteiger partial charge in [-0.05, 0) is 18.6 Å². The van der Waals surface area contributed by atoms with Gasteiger partial charge < -0.3 is 25.0 Å². The molecule has 0 spiro atoms. The van der Waals surface area contributed by atoms with Crippen molar-refractivity contribution in [2.24, 2.45) is 0 Å². The number of nitrogens with one attached hydrogen (secondary N) is 2. The highest BCUT2D eigenvalue weighted by molar-refractivity contribution is 7.13. The Labute approximate surface area is 137 Å². The Morgan fingerprint density at radius 3 is 3.13 bits per heavy atom. The van der Waals surface area contributed by atoms with Crippen molar-refractivity contribution >= 4 is 28.2 Å². The molecule has 2 aliphatic rings. The van der Waals surface area contributed by atoms with Crippen molar-refractivity contribution in [2.75, 3.05) is 30.1 Å². The van der Waals surface area contributed by atoms with E-state index in [-0.39, 0.29) is 18.9 Å². The number of amides is 2. The van der Waals surface area contributed by atoms with Gasteiger partial charge in [0.1, 0.15) is 0 Å². The Morgan fingerprint density at radius 2 is 2.26 bits per heavy atom. The Kier molecular flexibility index (Phi) is 3.66. The van der Waals surface area contributed by atoms with Crippen LogP contribution in [-0.2, 0) is 0 Å². The van der Waals surface area contributed by atoms with Gasteiger partial charge in [-0.15, -0.1) is 11.3 Å². The summed E-state index contributed by atoms with van der Waals surface area (Å²) in [6.07, 6.45) is 2.71. The van der Waals surface area contributed by atoms with Crippen LogP contribution in [0.5, 0.6) is 11.5 Å². The summed E-state index contributed by atoms with van der Waals surface area (Å²) in [5.41, 5.74) is 0.682. The molecule has 0 aliphatic carbocycles. The summed E-state index contributed by atoms with van der Waals surface area (Å²) in [6, 6.07) is 5.25. The van der Waals surface area contributed by atoms with Gasteiger partial charge in [0.25, 0.3) is 0 Å². The number of benzene rings is 1. The van der Waals surface area contributed by atoms with Crippen LogP contribution in [0.2, 0.25) is 0 Å². The lowest BCUT2D eigenvalue weighted by Crippen LogP contribution is -2.39. The third-order valence-electron chi connectivity index (χ3n) is 3.84. The number of carbonyl (C=O) groups excluding carboxylic acids is 1. The molecular formula is C15H16N4O3S. The standard InChI is InChI=1S/C15H16N4O3S/c20-14(17-10-1-2-12-13(7-10)22-9-21-12)18-11-3-5-19(8-11)15-16-4-6-23-15/h1-2,4,6-7,11H,3,5,8-9H2,(H2,17,18,20). The predicted octanol–water partition coefficient (Wildman–Crippen LogP) is 2.27. The second-order valence-corrected chi connectivity index (χ2v) is 6.29. The molecule has 1 unspecified atom stereocenters. The number of aromatic nitrogens is 1. The van der Waals surface area contributed by atoms with Crippen LogP contribution < -0.4 is 25.0 Å². The van der Waals surface area contributed by atoms with Gasteiger partial charge >= 0.3 is 6.03 Å². The van der Waals surface area contributed by atoms with Gasteiger partial charge in [0, 0.05) is 42.5 Å². The van der Waals surface area contributed by atoms with Crippen molar-refractivity contribution < 1.29 is 14.3 Å². The van der Waals surface area contributed by atoms with Crippen LogP contribution in [-0.4, -0.2) is 36.9 Å². The zero-order chi connectivity index (χ0) is 15.6. The second-order valence-electron chi connectivity index (χ2n) is 5.41. The molecule has 4 rings (SSSR count). The van der Waals surface area contributed by atoms with Crippen LogP contribution in [0.3, 0.4) is 0 Å². The number of fused-ring (bicyclic) bond motifs is 1. The molecule has 2 aromatic rings. The van der Waals surface area contributed by atoms with Crippen LogP contribution in [0, 0.1) is 0 Å². The molecule has 0 bridgehead atoms. The summed E-state index contributed by atoms with van der Waals surface area (Å²) in [6.45, 7) is 1.91. The van der Waals surface area contributed by atoms with E-state index in [1.165, 1.54) is 0 Å². The number of thiazole rings is 1. The Bertz CT molecular complexity index is 707. The lowest BCUT2D eigenvalue weighted by Gasteiger charge is -2.16. The molecule has 1 saturated heterocycles. The molecule has 0 saturated carbocycles. The van der Waals surface area contributed by atoms with E-state index in [4.69, 9.17) is 9.47 Å². The molecule has 1 fully saturated rings. The quantitative estimate of drug-likeness (QED) is 0.902. The zero-order valence-corrected chi connectivity index (χ0v) is 13.1. The van der Waals surface area contributed by atoms with E-state index in [1.54, 1.807) is 35.7 Å². The van der Waals surface area contributed by atoms with E-state index in [0.717, 1.165) is 24.6 Å². The number of hydrogen-bond donors (Lipinski definition) is 2. The minimum atomic E-state index is -0.213. The maximum atomic E-state index is 12.1. The third-order valence-corrected chi connectivity index (χ3v) is 4.68. The molecule has 23 heavy (non-hydrogen) atoms. The van der Waals surface area contributed by atoms with Gasteiger partial charge in [0.15, 0.2) is 16.6 Å². The van der Waals surface area contributed by atoms with Crippen LogP contribution in [0.25, 0.3) is 0 Å². The van der Waals surface area contributed by atoms with E-state index >= 15 is 0 Å². The van der Waals surface area contributed by atoms with Gasteiger partial charge in [0.05, 0.1) is 0 Å². The van der Waals surface area contributed by atoms with Crippen LogP contribution in [0.1, 0.15) is 6.42 Å². The maximum Gasteiger partial charge on any atom is 0.319 e. The van der Waals surface area contributed by atoms with Crippen molar-refractivity contribution in [1.29, 1.82) is 0 Å². The normalized spacial score (nSPS) is 19.0.